The van der Waals surface area contributed by atoms with Crippen molar-refractivity contribution in [2.45, 2.75) is 26.3 Å². The van der Waals surface area contributed by atoms with Crippen LogP contribution in [0.25, 0.3) is 0 Å². The van der Waals surface area contributed by atoms with Crippen LogP contribution < -0.4 is 4.90 Å². The van der Waals surface area contributed by atoms with E-state index in [1.807, 2.05) is 42.4 Å². The molecule has 0 aromatic carbocycles. The minimum Gasteiger partial charge on any atom is -0.371 e. The van der Waals surface area contributed by atoms with Crippen molar-refractivity contribution in [1.29, 1.82) is 0 Å². The Hall–Kier alpha value is -2.14. The van der Waals surface area contributed by atoms with E-state index in [1.54, 1.807) is 0 Å². The van der Waals surface area contributed by atoms with Gasteiger partial charge >= 0.3 is 0 Å². The number of halogens is 1. The molecule has 2 aromatic rings. The number of pyridine rings is 2. The molecule has 0 radical (unpaired) electrons. The third-order valence-electron chi connectivity index (χ3n) is 5.17. The van der Waals surface area contributed by atoms with Gasteiger partial charge in [-0.15, -0.1) is 0 Å². The summed E-state index contributed by atoms with van der Waals surface area (Å²) in [6.07, 6.45) is 5.02. The monoisotopic (exact) mass is 356 g/mol. The molecule has 2 aliphatic heterocycles. The quantitative estimate of drug-likeness (QED) is 0.793. The van der Waals surface area contributed by atoms with Gasteiger partial charge in [0.2, 0.25) is 5.91 Å². The third kappa shape index (κ3) is 3.33. The minimum atomic E-state index is 0.249. The molecular weight excluding hydrogens is 336 g/mol. The number of fused-ring (bicyclic) bond motifs is 1. The molecule has 130 valence electrons. The molecular formula is C19H21ClN4O. The predicted octanol–water partition coefficient (Wildman–Crippen LogP) is 2.85. The summed E-state index contributed by atoms with van der Waals surface area (Å²) in [5, 5.41) is 0.543. The lowest BCUT2D eigenvalue weighted by Gasteiger charge is -2.41. The van der Waals surface area contributed by atoms with Gasteiger partial charge < -0.3 is 9.80 Å². The van der Waals surface area contributed by atoms with E-state index in [0.29, 0.717) is 24.0 Å². The fourth-order valence-electron chi connectivity index (χ4n) is 3.71. The van der Waals surface area contributed by atoms with E-state index in [-0.39, 0.29) is 5.91 Å². The van der Waals surface area contributed by atoms with E-state index in [9.17, 15) is 4.79 Å². The van der Waals surface area contributed by atoms with Gasteiger partial charge in [0.25, 0.3) is 0 Å². The summed E-state index contributed by atoms with van der Waals surface area (Å²) in [6, 6.07) is 5.91. The Morgan fingerprint density at radius 2 is 2.08 bits per heavy atom. The van der Waals surface area contributed by atoms with Gasteiger partial charge in [-0.3, -0.25) is 9.78 Å². The maximum Gasteiger partial charge on any atom is 0.223 e. The summed E-state index contributed by atoms with van der Waals surface area (Å²) in [5.41, 5.74) is 4.52. The molecule has 5 nitrogen and oxygen atoms in total. The summed E-state index contributed by atoms with van der Waals surface area (Å²) in [7, 11) is 0. The second kappa shape index (κ2) is 6.64. The van der Waals surface area contributed by atoms with Gasteiger partial charge in [-0.05, 0) is 36.2 Å². The summed E-state index contributed by atoms with van der Waals surface area (Å²) < 4.78 is 0. The average molecular weight is 357 g/mol. The highest BCUT2D eigenvalue weighted by atomic mass is 35.5. The smallest absolute Gasteiger partial charge is 0.223 e. The minimum absolute atomic E-state index is 0.249. The molecule has 0 N–H and O–H groups in total. The summed E-state index contributed by atoms with van der Waals surface area (Å²) in [4.78, 5) is 25.4. The Morgan fingerprint density at radius 3 is 2.84 bits per heavy atom. The number of carbonyl (C=O) groups is 1. The van der Waals surface area contributed by atoms with Gasteiger partial charge in [0, 0.05) is 68.7 Å². The molecule has 0 aliphatic carbocycles. The first-order chi connectivity index (χ1) is 12.1. The molecule has 1 fully saturated rings. The second-order valence-corrected chi connectivity index (χ2v) is 7.32. The maximum atomic E-state index is 12.7. The summed E-state index contributed by atoms with van der Waals surface area (Å²) in [6.45, 7) is 5.32. The summed E-state index contributed by atoms with van der Waals surface area (Å²) >= 11 is 6.04. The molecule has 1 saturated heterocycles. The van der Waals surface area contributed by atoms with Gasteiger partial charge in [0.1, 0.15) is 5.15 Å². The number of aryl methyl sites for hydroxylation is 1. The number of nitrogens with zero attached hydrogens (tertiary/aromatic N) is 4. The van der Waals surface area contributed by atoms with Gasteiger partial charge in [0.15, 0.2) is 0 Å². The Balaban J connectivity index is 1.34. The Kier molecular flexibility index (Phi) is 4.34. The van der Waals surface area contributed by atoms with Crippen LogP contribution in [0.3, 0.4) is 0 Å². The lowest BCUT2D eigenvalue weighted by Crippen LogP contribution is -2.49. The molecule has 0 spiro atoms. The largest absolute Gasteiger partial charge is 0.371 e. The van der Waals surface area contributed by atoms with Crippen molar-refractivity contribution in [3.8, 4) is 0 Å². The van der Waals surface area contributed by atoms with E-state index >= 15 is 0 Å². The number of aromatic nitrogens is 2. The van der Waals surface area contributed by atoms with Crippen molar-refractivity contribution >= 4 is 23.2 Å². The first-order valence-electron chi connectivity index (χ1n) is 8.68. The van der Waals surface area contributed by atoms with Crippen LogP contribution in [0.1, 0.15) is 23.2 Å². The second-order valence-electron chi connectivity index (χ2n) is 6.93. The number of rotatable bonds is 3. The van der Waals surface area contributed by atoms with Crippen LogP contribution in [-0.4, -0.2) is 40.4 Å². The molecule has 0 saturated carbocycles. The molecule has 4 rings (SSSR count). The topological polar surface area (TPSA) is 49.3 Å². The maximum absolute atomic E-state index is 12.7. The van der Waals surface area contributed by atoms with Gasteiger partial charge in [-0.2, -0.15) is 0 Å². The van der Waals surface area contributed by atoms with Crippen LogP contribution in [0.4, 0.5) is 5.69 Å². The average Bonchev–Trinajstić information content (AvgIpc) is 2.58. The molecule has 2 aliphatic rings. The Bertz CT molecular complexity index is 790. The highest BCUT2D eigenvalue weighted by molar-refractivity contribution is 6.29. The van der Waals surface area contributed by atoms with E-state index in [2.05, 4.69) is 14.9 Å². The zero-order chi connectivity index (χ0) is 17.4. The van der Waals surface area contributed by atoms with E-state index in [4.69, 9.17) is 11.6 Å². The molecule has 0 bridgehead atoms. The SMILES string of the molecule is Cc1cc(Cl)nc2c1CN(C(=O)CC1CN(c3ccncc3)C1)CC2. The van der Waals surface area contributed by atoms with Crippen molar-refractivity contribution in [3.63, 3.8) is 0 Å². The van der Waals surface area contributed by atoms with Gasteiger partial charge in [-0.1, -0.05) is 11.6 Å². The Labute approximate surface area is 152 Å². The molecule has 0 unspecified atom stereocenters. The van der Waals surface area contributed by atoms with Crippen molar-refractivity contribution < 1.29 is 4.79 Å². The fourth-order valence-corrected chi connectivity index (χ4v) is 3.97. The lowest BCUT2D eigenvalue weighted by molar-refractivity contribution is -0.133. The standard InChI is InChI=1S/C19H21ClN4O/c1-13-8-18(20)22-17-4-7-23(12-16(13)17)19(25)9-14-10-24(11-14)15-2-5-21-6-3-15/h2-3,5-6,8,14H,4,7,9-12H2,1H3. The molecule has 2 aromatic heterocycles. The number of anilines is 1. The van der Waals surface area contributed by atoms with Crippen molar-refractivity contribution in [2.24, 2.45) is 5.92 Å². The number of hydrogen-bond acceptors (Lipinski definition) is 4. The van der Waals surface area contributed by atoms with Crippen LogP contribution in [-0.2, 0) is 17.8 Å². The van der Waals surface area contributed by atoms with Crippen LogP contribution in [0.15, 0.2) is 30.6 Å². The fraction of sp³-hybridized carbons (Fsp3) is 0.421. The van der Waals surface area contributed by atoms with Crippen LogP contribution in [0.5, 0.6) is 0 Å². The van der Waals surface area contributed by atoms with Crippen molar-refractivity contribution in [3.05, 3.63) is 52.6 Å². The van der Waals surface area contributed by atoms with Crippen LogP contribution >= 0.6 is 11.6 Å². The van der Waals surface area contributed by atoms with Crippen LogP contribution in [0, 0.1) is 12.8 Å². The normalized spacial score (nSPS) is 17.2. The van der Waals surface area contributed by atoms with Crippen molar-refractivity contribution in [1.82, 2.24) is 14.9 Å². The zero-order valence-electron chi connectivity index (χ0n) is 14.3. The molecule has 6 heteroatoms. The van der Waals surface area contributed by atoms with Crippen LogP contribution in [0.2, 0.25) is 5.15 Å². The summed E-state index contributed by atoms with van der Waals surface area (Å²) in [5.74, 6) is 0.686. The Morgan fingerprint density at radius 1 is 1.32 bits per heavy atom. The van der Waals surface area contributed by atoms with Gasteiger partial charge in [-0.25, -0.2) is 4.98 Å². The van der Waals surface area contributed by atoms with E-state index in [0.717, 1.165) is 42.9 Å². The molecule has 4 heterocycles. The van der Waals surface area contributed by atoms with Crippen molar-refractivity contribution in [2.75, 3.05) is 24.5 Å². The molecule has 25 heavy (non-hydrogen) atoms. The van der Waals surface area contributed by atoms with E-state index in [1.165, 1.54) is 5.69 Å². The molecule has 0 atom stereocenters. The first-order valence-corrected chi connectivity index (χ1v) is 9.05. The highest BCUT2D eigenvalue weighted by Gasteiger charge is 2.31. The highest BCUT2D eigenvalue weighted by Crippen LogP contribution is 2.28. The number of amides is 1. The number of hydrogen-bond donors (Lipinski definition) is 0. The molecule has 1 amide bonds. The van der Waals surface area contributed by atoms with Gasteiger partial charge in [0.05, 0.1) is 0 Å². The third-order valence-corrected chi connectivity index (χ3v) is 5.36. The first kappa shape index (κ1) is 16.3. The zero-order valence-corrected chi connectivity index (χ0v) is 15.0. The van der Waals surface area contributed by atoms with E-state index < -0.39 is 0 Å². The number of carbonyl (C=O) groups excluding carboxylic acids is 1. The lowest BCUT2D eigenvalue weighted by atomic mass is 9.94. The predicted molar refractivity (Wildman–Crippen MR) is 97.7 cm³/mol.